The van der Waals surface area contributed by atoms with Gasteiger partial charge in [-0.05, 0) is 36.1 Å². The predicted molar refractivity (Wildman–Crippen MR) is 130 cm³/mol. The van der Waals surface area contributed by atoms with Crippen LogP contribution in [0.4, 0.5) is 10.8 Å². The van der Waals surface area contributed by atoms with Gasteiger partial charge in [-0.1, -0.05) is 32.0 Å². The molecule has 0 radical (unpaired) electrons. The molecule has 0 atom stereocenters. The highest BCUT2D eigenvalue weighted by Crippen LogP contribution is 2.29. The smallest absolute Gasteiger partial charge is 0.270 e. The van der Waals surface area contributed by atoms with Crippen LogP contribution in [-0.2, 0) is 4.79 Å². The van der Waals surface area contributed by atoms with Crippen molar-refractivity contribution in [3.05, 3.63) is 69.6 Å². The topological polar surface area (TPSA) is 104 Å². The number of non-ortho nitro benzene ring substituents is 1. The van der Waals surface area contributed by atoms with Crippen molar-refractivity contribution in [2.45, 2.75) is 20.3 Å². The van der Waals surface area contributed by atoms with Crippen molar-refractivity contribution >= 4 is 34.1 Å². The quantitative estimate of drug-likeness (QED) is 0.229. The van der Waals surface area contributed by atoms with Gasteiger partial charge < -0.3 is 9.47 Å². The monoisotopic (exact) mass is 467 g/mol. The first-order chi connectivity index (χ1) is 15.9. The van der Waals surface area contributed by atoms with E-state index < -0.39 is 4.92 Å². The number of ether oxygens (including phenoxy) is 2. The Bertz CT molecular complexity index is 1160. The van der Waals surface area contributed by atoms with Gasteiger partial charge in [0.2, 0.25) is 5.91 Å². The summed E-state index contributed by atoms with van der Waals surface area (Å²) in [4.78, 5) is 27.2. The number of rotatable bonds is 10. The number of nitro benzene ring substituents is 1. The van der Waals surface area contributed by atoms with Gasteiger partial charge in [-0.25, -0.2) is 4.98 Å². The largest absolute Gasteiger partial charge is 0.493 e. The second-order valence-electron chi connectivity index (χ2n) is 7.61. The van der Waals surface area contributed by atoms with Crippen LogP contribution >= 0.6 is 11.3 Å². The molecule has 0 saturated carbocycles. The van der Waals surface area contributed by atoms with Gasteiger partial charge in [0.25, 0.3) is 5.69 Å². The third-order valence-electron chi connectivity index (χ3n) is 4.65. The first kappa shape index (κ1) is 23.9. The lowest BCUT2D eigenvalue weighted by Gasteiger charge is -2.12. The van der Waals surface area contributed by atoms with Gasteiger partial charge in [0, 0.05) is 29.2 Å². The van der Waals surface area contributed by atoms with E-state index in [9.17, 15) is 14.9 Å². The van der Waals surface area contributed by atoms with E-state index in [-0.39, 0.29) is 11.6 Å². The van der Waals surface area contributed by atoms with Crippen LogP contribution in [0.25, 0.3) is 17.3 Å². The fourth-order valence-electron chi connectivity index (χ4n) is 2.87. The third kappa shape index (κ3) is 6.88. The van der Waals surface area contributed by atoms with Crippen molar-refractivity contribution in [3.8, 4) is 22.8 Å². The highest BCUT2D eigenvalue weighted by molar-refractivity contribution is 7.14. The van der Waals surface area contributed by atoms with Gasteiger partial charge in [0.05, 0.1) is 24.3 Å². The number of carbonyl (C=O) groups is 1. The molecule has 2 aromatic carbocycles. The normalized spacial score (nSPS) is 11.0. The summed E-state index contributed by atoms with van der Waals surface area (Å²) in [6, 6.07) is 11.7. The number of amides is 1. The average molecular weight is 468 g/mol. The Morgan fingerprint density at radius 3 is 2.79 bits per heavy atom. The van der Waals surface area contributed by atoms with Crippen LogP contribution in [0.2, 0.25) is 0 Å². The number of aromatic nitrogens is 1. The number of carbonyl (C=O) groups excluding carboxylic acids is 1. The molecule has 9 heteroatoms. The van der Waals surface area contributed by atoms with Crippen molar-refractivity contribution in [1.82, 2.24) is 4.98 Å². The van der Waals surface area contributed by atoms with Crippen LogP contribution in [0.3, 0.4) is 0 Å². The Morgan fingerprint density at radius 2 is 2.06 bits per heavy atom. The van der Waals surface area contributed by atoms with Crippen molar-refractivity contribution < 1.29 is 19.2 Å². The molecule has 0 aliphatic rings. The molecule has 172 valence electrons. The molecular formula is C24H25N3O5S. The Morgan fingerprint density at radius 1 is 1.24 bits per heavy atom. The summed E-state index contributed by atoms with van der Waals surface area (Å²) in [7, 11) is 1.58. The molecule has 3 aromatic rings. The van der Waals surface area contributed by atoms with E-state index in [0.717, 1.165) is 12.0 Å². The van der Waals surface area contributed by atoms with Gasteiger partial charge in [0.1, 0.15) is 0 Å². The molecule has 0 unspecified atom stereocenters. The Kier molecular flexibility index (Phi) is 8.15. The Hall–Kier alpha value is -3.72. The highest BCUT2D eigenvalue weighted by Gasteiger charge is 2.11. The van der Waals surface area contributed by atoms with E-state index in [1.165, 1.54) is 29.5 Å². The van der Waals surface area contributed by atoms with Gasteiger partial charge in [-0.2, -0.15) is 0 Å². The molecule has 0 bridgehead atoms. The van der Waals surface area contributed by atoms with Crippen LogP contribution in [-0.4, -0.2) is 29.5 Å². The molecule has 1 heterocycles. The lowest BCUT2D eigenvalue weighted by molar-refractivity contribution is -0.384. The molecular weight excluding hydrogens is 442 g/mol. The van der Waals surface area contributed by atoms with Gasteiger partial charge >= 0.3 is 0 Å². The Balaban J connectivity index is 1.62. The highest BCUT2D eigenvalue weighted by atomic mass is 32.1. The lowest BCUT2D eigenvalue weighted by Crippen LogP contribution is -2.07. The van der Waals surface area contributed by atoms with Crippen LogP contribution in [0.1, 0.15) is 25.8 Å². The van der Waals surface area contributed by atoms with E-state index in [1.54, 1.807) is 36.8 Å². The molecule has 3 rings (SSSR count). The SMILES string of the molecule is COc1cc(C=CC(=O)Nc2nc(-c3cccc([N+](=O)[O-])c3)cs2)ccc1OCCC(C)C. The minimum Gasteiger partial charge on any atom is -0.493 e. The summed E-state index contributed by atoms with van der Waals surface area (Å²) in [5, 5.41) is 15.8. The summed E-state index contributed by atoms with van der Waals surface area (Å²) >= 11 is 1.24. The van der Waals surface area contributed by atoms with Crippen LogP contribution < -0.4 is 14.8 Å². The maximum Gasteiger partial charge on any atom is 0.270 e. The minimum absolute atomic E-state index is 0.0132. The first-order valence-electron chi connectivity index (χ1n) is 10.4. The van der Waals surface area contributed by atoms with Crippen molar-refractivity contribution in [2.75, 3.05) is 19.0 Å². The number of nitro groups is 1. The summed E-state index contributed by atoms with van der Waals surface area (Å²) in [6.07, 6.45) is 4.03. The number of anilines is 1. The van der Waals surface area contributed by atoms with Crippen molar-refractivity contribution in [3.63, 3.8) is 0 Å². The zero-order chi connectivity index (χ0) is 23.8. The number of thiazole rings is 1. The van der Waals surface area contributed by atoms with Gasteiger partial charge in [-0.3, -0.25) is 20.2 Å². The number of nitrogens with zero attached hydrogens (tertiary/aromatic N) is 2. The lowest BCUT2D eigenvalue weighted by atomic mass is 10.1. The van der Waals surface area contributed by atoms with E-state index in [2.05, 4.69) is 24.1 Å². The zero-order valence-corrected chi connectivity index (χ0v) is 19.4. The molecule has 8 nitrogen and oxygen atoms in total. The average Bonchev–Trinajstić information content (AvgIpc) is 3.26. The molecule has 1 aromatic heterocycles. The summed E-state index contributed by atoms with van der Waals surface area (Å²) in [5.74, 6) is 1.47. The summed E-state index contributed by atoms with van der Waals surface area (Å²) in [5.41, 5.74) is 1.94. The maximum absolute atomic E-state index is 12.3. The second kappa shape index (κ2) is 11.2. The molecule has 1 N–H and O–H groups in total. The standard InChI is InChI=1S/C24H25N3O5S/c1-16(2)11-12-32-21-9-7-17(13-22(21)31-3)8-10-23(28)26-24-25-20(15-33-24)18-5-4-6-19(14-18)27(29)30/h4-10,13-16H,11-12H2,1-3H3,(H,25,26,28). The molecule has 33 heavy (non-hydrogen) atoms. The number of hydrogen-bond acceptors (Lipinski definition) is 7. The number of methoxy groups -OCH3 is 1. The fraction of sp³-hybridized carbons (Fsp3) is 0.250. The summed E-state index contributed by atoms with van der Waals surface area (Å²) < 4.78 is 11.2. The fourth-order valence-corrected chi connectivity index (χ4v) is 3.60. The Labute approximate surface area is 196 Å². The van der Waals surface area contributed by atoms with E-state index in [0.29, 0.717) is 40.4 Å². The molecule has 0 aliphatic heterocycles. The number of benzene rings is 2. The molecule has 0 saturated heterocycles. The predicted octanol–water partition coefficient (Wildman–Crippen LogP) is 5.80. The second-order valence-corrected chi connectivity index (χ2v) is 8.47. The van der Waals surface area contributed by atoms with E-state index >= 15 is 0 Å². The van der Waals surface area contributed by atoms with E-state index in [4.69, 9.17) is 9.47 Å². The van der Waals surface area contributed by atoms with Crippen molar-refractivity contribution in [1.29, 1.82) is 0 Å². The molecule has 0 spiro atoms. The van der Waals surface area contributed by atoms with Gasteiger partial charge in [-0.15, -0.1) is 11.3 Å². The van der Waals surface area contributed by atoms with Crippen LogP contribution in [0.5, 0.6) is 11.5 Å². The minimum atomic E-state index is -0.456. The van der Waals surface area contributed by atoms with Crippen LogP contribution in [0.15, 0.2) is 53.9 Å². The van der Waals surface area contributed by atoms with E-state index in [1.807, 2.05) is 12.1 Å². The zero-order valence-electron chi connectivity index (χ0n) is 18.6. The maximum atomic E-state index is 12.3. The summed E-state index contributed by atoms with van der Waals surface area (Å²) in [6.45, 7) is 4.89. The molecule has 0 aliphatic carbocycles. The number of nitrogens with one attached hydrogen (secondary N) is 1. The van der Waals surface area contributed by atoms with Gasteiger partial charge in [0.15, 0.2) is 16.6 Å². The van der Waals surface area contributed by atoms with Crippen LogP contribution in [0, 0.1) is 16.0 Å². The first-order valence-corrected chi connectivity index (χ1v) is 11.2. The molecule has 0 fully saturated rings. The van der Waals surface area contributed by atoms with Crippen molar-refractivity contribution in [2.24, 2.45) is 5.92 Å². The number of hydrogen-bond donors (Lipinski definition) is 1. The molecule has 1 amide bonds. The third-order valence-corrected chi connectivity index (χ3v) is 5.41.